The first-order valence-corrected chi connectivity index (χ1v) is 8.38. The number of hydrogen-bond donors (Lipinski definition) is 1. The van der Waals surface area contributed by atoms with Crippen LogP contribution in [0.1, 0.15) is 53.0 Å². The maximum absolute atomic E-state index is 9.49. The number of nitrogens with zero attached hydrogens (tertiary/aromatic N) is 1. The first kappa shape index (κ1) is 17.5. The Morgan fingerprint density at radius 1 is 1.00 bits per heavy atom. The molecule has 2 aromatic rings. The average molecular weight is 311 g/mol. The average Bonchev–Trinajstić information content (AvgIpc) is 2.40. The molecule has 0 saturated carbocycles. The van der Waals surface area contributed by atoms with Crippen LogP contribution >= 0.6 is 0 Å². The summed E-state index contributed by atoms with van der Waals surface area (Å²) in [6.07, 6.45) is 7.75. The second-order valence-corrected chi connectivity index (χ2v) is 8.48. The van der Waals surface area contributed by atoms with E-state index in [0.717, 1.165) is 23.7 Å². The van der Waals surface area contributed by atoms with Crippen molar-refractivity contribution in [3.8, 4) is 5.88 Å². The van der Waals surface area contributed by atoms with Gasteiger partial charge in [-0.05, 0) is 47.8 Å². The highest BCUT2D eigenvalue weighted by molar-refractivity contribution is 5.79. The highest BCUT2D eigenvalue weighted by Crippen LogP contribution is 2.35. The van der Waals surface area contributed by atoms with Crippen molar-refractivity contribution >= 4 is 10.9 Å². The summed E-state index contributed by atoms with van der Waals surface area (Å²) in [5.41, 5.74) is 2.76. The number of benzene rings is 1. The minimum Gasteiger partial charge on any atom is -0.493 e. The highest BCUT2D eigenvalue weighted by Gasteiger charge is 2.23. The molecule has 2 heteroatoms. The van der Waals surface area contributed by atoms with Crippen molar-refractivity contribution in [3.63, 3.8) is 0 Å². The predicted octanol–water partition coefficient (Wildman–Crippen LogP) is 5.89. The maximum atomic E-state index is 9.49. The third-order valence-electron chi connectivity index (χ3n) is 3.94. The highest BCUT2D eigenvalue weighted by atomic mass is 16.3. The summed E-state index contributed by atoms with van der Waals surface area (Å²) in [6.45, 7) is 11.6. The minimum atomic E-state index is 0.0779. The molecule has 0 radical (unpaired) electrons. The summed E-state index contributed by atoms with van der Waals surface area (Å²) in [7, 11) is 0. The molecule has 0 atom stereocenters. The number of rotatable bonds is 5. The number of hydrogen-bond acceptors (Lipinski definition) is 2. The number of fused-ring (bicyclic) bond motifs is 1. The number of aromatic nitrogens is 1. The van der Waals surface area contributed by atoms with E-state index < -0.39 is 0 Å². The van der Waals surface area contributed by atoms with Gasteiger partial charge in [0.2, 0.25) is 5.88 Å². The van der Waals surface area contributed by atoms with Crippen molar-refractivity contribution in [3.05, 3.63) is 48.0 Å². The molecule has 124 valence electrons. The summed E-state index contributed by atoms with van der Waals surface area (Å²) >= 11 is 0. The monoisotopic (exact) mass is 311 g/mol. The van der Waals surface area contributed by atoms with Crippen molar-refractivity contribution in [1.29, 1.82) is 0 Å². The lowest BCUT2D eigenvalue weighted by molar-refractivity contribution is 0.215. The van der Waals surface area contributed by atoms with Gasteiger partial charge in [0, 0.05) is 11.5 Å². The van der Waals surface area contributed by atoms with Crippen LogP contribution in [0.25, 0.3) is 10.9 Å². The molecule has 0 aliphatic rings. The lowest BCUT2D eigenvalue weighted by Crippen LogP contribution is -2.19. The van der Waals surface area contributed by atoms with Crippen molar-refractivity contribution in [2.75, 3.05) is 0 Å². The quantitative estimate of drug-likeness (QED) is 0.698. The van der Waals surface area contributed by atoms with E-state index >= 15 is 0 Å². The van der Waals surface area contributed by atoms with Gasteiger partial charge in [-0.3, -0.25) is 0 Å². The van der Waals surface area contributed by atoms with Gasteiger partial charge in [0.1, 0.15) is 0 Å². The van der Waals surface area contributed by atoms with Gasteiger partial charge >= 0.3 is 0 Å². The Labute approximate surface area is 140 Å². The van der Waals surface area contributed by atoms with Crippen LogP contribution in [0.5, 0.6) is 5.88 Å². The Balaban J connectivity index is 1.97. The Kier molecular flexibility index (Phi) is 5.13. The van der Waals surface area contributed by atoms with Gasteiger partial charge in [0.25, 0.3) is 0 Å². The molecule has 1 aromatic heterocycles. The molecule has 23 heavy (non-hydrogen) atoms. The zero-order chi connectivity index (χ0) is 17.1. The molecule has 1 N–H and O–H groups in total. The van der Waals surface area contributed by atoms with E-state index in [9.17, 15) is 5.11 Å². The lowest BCUT2D eigenvalue weighted by Gasteiger charge is -2.31. The van der Waals surface area contributed by atoms with E-state index in [-0.39, 0.29) is 5.88 Å². The number of allylic oxidation sites excluding steroid dienone is 2. The predicted molar refractivity (Wildman–Crippen MR) is 98.7 cm³/mol. The second-order valence-electron chi connectivity index (χ2n) is 8.48. The van der Waals surface area contributed by atoms with Gasteiger partial charge in [-0.25, -0.2) is 4.98 Å². The Morgan fingerprint density at radius 3 is 2.39 bits per heavy atom. The Hall–Kier alpha value is -1.83. The van der Waals surface area contributed by atoms with E-state index in [1.807, 2.05) is 6.07 Å². The van der Waals surface area contributed by atoms with Crippen molar-refractivity contribution in [1.82, 2.24) is 4.98 Å². The smallest absolute Gasteiger partial charge is 0.211 e. The molecule has 0 unspecified atom stereocenters. The first-order valence-electron chi connectivity index (χ1n) is 8.38. The van der Waals surface area contributed by atoms with Crippen LogP contribution in [0.3, 0.4) is 0 Å². The molecule has 0 aliphatic heterocycles. The van der Waals surface area contributed by atoms with Gasteiger partial charge in [-0.1, -0.05) is 58.9 Å². The standard InChI is InChI=1S/C21H29NO/c1-20(2,3)15-21(4,5)13-7-6-8-16-9-10-17-11-12-19(23)22-18(17)14-16/h6-7,9-12,14H,8,13,15H2,1-5H3,(H,22,23). The molecular formula is C21H29NO. The molecule has 0 aliphatic carbocycles. The molecule has 1 heterocycles. The SMILES string of the molecule is CC(C)(C)CC(C)(C)CC=CCc1ccc2ccc(O)nc2c1. The summed E-state index contributed by atoms with van der Waals surface area (Å²) in [6, 6.07) is 9.77. The molecule has 2 nitrogen and oxygen atoms in total. The molecule has 0 fully saturated rings. The number of pyridine rings is 1. The van der Waals surface area contributed by atoms with Crippen LogP contribution in [0.2, 0.25) is 0 Å². The Bertz CT molecular complexity index is 693. The molecule has 0 amide bonds. The zero-order valence-electron chi connectivity index (χ0n) is 15.1. The number of aromatic hydroxyl groups is 1. The third kappa shape index (κ3) is 5.70. The van der Waals surface area contributed by atoms with Gasteiger partial charge in [0.15, 0.2) is 0 Å². The van der Waals surface area contributed by atoms with E-state index in [2.05, 4.69) is 70.0 Å². The maximum Gasteiger partial charge on any atom is 0.211 e. The van der Waals surface area contributed by atoms with Crippen molar-refractivity contribution < 1.29 is 5.11 Å². The van der Waals surface area contributed by atoms with Crippen LogP contribution in [0.4, 0.5) is 0 Å². The van der Waals surface area contributed by atoms with Gasteiger partial charge in [0.05, 0.1) is 5.52 Å². The fourth-order valence-corrected chi connectivity index (χ4v) is 3.41. The topological polar surface area (TPSA) is 33.1 Å². The summed E-state index contributed by atoms with van der Waals surface area (Å²) < 4.78 is 0. The largest absolute Gasteiger partial charge is 0.493 e. The van der Waals surface area contributed by atoms with Crippen molar-refractivity contribution in [2.45, 2.75) is 53.9 Å². The van der Waals surface area contributed by atoms with Crippen LogP contribution in [0, 0.1) is 10.8 Å². The van der Waals surface area contributed by atoms with E-state index in [0.29, 0.717) is 10.8 Å². The zero-order valence-corrected chi connectivity index (χ0v) is 15.1. The fourth-order valence-electron chi connectivity index (χ4n) is 3.41. The van der Waals surface area contributed by atoms with Gasteiger partial charge < -0.3 is 5.11 Å². The van der Waals surface area contributed by atoms with E-state index in [4.69, 9.17) is 0 Å². The van der Waals surface area contributed by atoms with E-state index in [1.165, 1.54) is 12.0 Å². The molecular weight excluding hydrogens is 282 g/mol. The summed E-state index contributed by atoms with van der Waals surface area (Å²) in [5.74, 6) is 0.0779. The van der Waals surface area contributed by atoms with Crippen LogP contribution in [-0.4, -0.2) is 10.1 Å². The minimum absolute atomic E-state index is 0.0779. The van der Waals surface area contributed by atoms with E-state index in [1.54, 1.807) is 6.07 Å². The van der Waals surface area contributed by atoms with Crippen LogP contribution in [-0.2, 0) is 6.42 Å². The van der Waals surface area contributed by atoms with Crippen molar-refractivity contribution in [2.24, 2.45) is 10.8 Å². The van der Waals surface area contributed by atoms with Crippen LogP contribution < -0.4 is 0 Å². The van der Waals surface area contributed by atoms with Gasteiger partial charge in [-0.15, -0.1) is 0 Å². The molecule has 0 bridgehead atoms. The molecule has 2 rings (SSSR count). The second kappa shape index (κ2) is 6.74. The first-order chi connectivity index (χ1) is 10.6. The molecule has 0 spiro atoms. The van der Waals surface area contributed by atoms with Gasteiger partial charge in [-0.2, -0.15) is 0 Å². The summed E-state index contributed by atoms with van der Waals surface area (Å²) in [4.78, 5) is 4.18. The molecule has 1 aromatic carbocycles. The molecule has 0 saturated heterocycles. The Morgan fingerprint density at radius 2 is 1.70 bits per heavy atom. The lowest BCUT2D eigenvalue weighted by atomic mass is 9.74. The summed E-state index contributed by atoms with van der Waals surface area (Å²) in [5, 5.41) is 10.5. The fraction of sp³-hybridized carbons (Fsp3) is 0.476. The third-order valence-corrected chi connectivity index (χ3v) is 3.94. The van der Waals surface area contributed by atoms with Crippen LogP contribution in [0.15, 0.2) is 42.5 Å². The normalized spacial score (nSPS) is 13.1.